The summed E-state index contributed by atoms with van der Waals surface area (Å²) in [6.45, 7) is 0.840. The van der Waals surface area contributed by atoms with Crippen LogP contribution in [0.5, 0.6) is 0 Å². The van der Waals surface area contributed by atoms with Gasteiger partial charge < -0.3 is 9.73 Å². The molecular formula is C15H17NO. The van der Waals surface area contributed by atoms with Gasteiger partial charge in [-0.25, -0.2) is 0 Å². The highest BCUT2D eigenvalue weighted by molar-refractivity contribution is 5.55. The van der Waals surface area contributed by atoms with Crippen molar-refractivity contribution in [2.24, 2.45) is 0 Å². The predicted molar refractivity (Wildman–Crippen MR) is 69.1 cm³/mol. The molecule has 1 aromatic heterocycles. The van der Waals surface area contributed by atoms with Crippen molar-refractivity contribution in [3.8, 4) is 0 Å². The molecule has 1 aliphatic carbocycles. The topological polar surface area (TPSA) is 25.2 Å². The van der Waals surface area contributed by atoms with Crippen LogP contribution in [-0.4, -0.2) is 0 Å². The highest BCUT2D eigenvalue weighted by atomic mass is 16.3. The van der Waals surface area contributed by atoms with Crippen LogP contribution < -0.4 is 5.32 Å². The van der Waals surface area contributed by atoms with Crippen molar-refractivity contribution in [3.63, 3.8) is 0 Å². The number of nitrogens with one attached hydrogen (secondary N) is 1. The van der Waals surface area contributed by atoms with Crippen molar-refractivity contribution >= 4 is 5.69 Å². The van der Waals surface area contributed by atoms with E-state index in [-0.39, 0.29) is 0 Å². The Morgan fingerprint density at radius 1 is 1.12 bits per heavy atom. The molecule has 2 aromatic rings. The molecule has 2 nitrogen and oxygen atoms in total. The third-order valence-corrected chi connectivity index (χ3v) is 3.46. The van der Waals surface area contributed by atoms with Gasteiger partial charge in [-0.2, -0.15) is 0 Å². The number of furan rings is 1. The molecule has 17 heavy (non-hydrogen) atoms. The normalized spacial score (nSPS) is 14.4. The van der Waals surface area contributed by atoms with Gasteiger partial charge in [0.25, 0.3) is 0 Å². The fourth-order valence-corrected chi connectivity index (χ4v) is 2.54. The zero-order valence-corrected chi connectivity index (χ0v) is 9.91. The standard InChI is InChI=1S/C15H17NO/c1-2-6-14-13(4-1)5-3-7-15(14)16-10-12-8-9-17-11-12/h3,5,7-9,11,16H,1-2,4,6,10H2. The van der Waals surface area contributed by atoms with E-state index in [1.807, 2.05) is 6.07 Å². The van der Waals surface area contributed by atoms with Gasteiger partial charge in [0.15, 0.2) is 0 Å². The van der Waals surface area contributed by atoms with Gasteiger partial charge in [-0.05, 0) is 48.9 Å². The highest BCUT2D eigenvalue weighted by Crippen LogP contribution is 2.28. The maximum absolute atomic E-state index is 5.08. The lowest BCUT2D eigenvalue weighted by Gasteiger charge is -2.19. The molecule has 0 amide bonds. The Hall–Kier alpha value is -1.70. The van der Waals surface area contributed by atoms with E-state index in [1.54, 1.807) is 12.5 Å². The molecule has 0 saturated carbocycles. The summed E-state index contributed by atoms with van der Waals surface area (Å²) >= 11 is 0. The van der Waals surface area contributed by atoms with Crippen LogP contribution in [0.4, 0.5) is 5.69 Å². The van der Waals surface area contributed by atoms with Gasteiger partial charge in [0.2, 0.25) is 0 Å². The van der Waals surface area contributed by atoms with Crippen molar-refractivity contribution in [3.05, 3.63) is 53.5 Å². The maximum atomic E-state index is 5.08. The molecule has 0 saturated heterocycles. The van der Waals surface area contributed by atoms with Gasteiger partial charge in [0.05, 0.1) is 12.5 Å². The lowest BCUT2D eigenvalue weighted by molar-refractivity contribution is 0.564. The van der Waals surface area contributed by atoms with E-state index in [4.69, 9.17) is 4.42 Å². The zero-order valence-electron chi connectivity index (χ0n) is 9.91. The Balaban J connectivity index is 1.78. The van der Waals surface area contributed by atoms with Crippen LogP contribution in [0.1, 0.15) is 29.5 Å². The number of anilines is 1. The van der Waals surface area contributed by atoms with Crippen LogP contribution >= 0.6 is 0 Å². The smallest absolute Gasteiger partial charge is 0.0952 e. The quantitative estimate of drug-likeness (QED) is 0.863. The van der Waals surface area contributed by atoms with Crippen LogP contribution in [-0.2, 0) is 19.4 Å². The second-order valence-electron chi connectivity index (χ2n) is 4.64. The van der Waals surface area contributed by atoms with Gasteiger partial charge in [-0.1, -0.05) is 12.1 Å². The van der Waals surface area contributed by atoms with Gasteiger partial charge >= 0.3 is 0 Å². The number of benzene rings is 1. The minimum Gasteiger partial charge on any atom is -0.472 e. The van der Waals surface area contributed by atoms with Gasteiger partial charge in [-0.15, -0.1) is 0 Å². The Morgan fingerprint density at radius 3 is 2.94 bits per heavy atom. The first-order chi connectivity index (χ1) is 8.43. The molecule has 1 heterocycles. The average Bonchev–Trinajstić information content (AvgIpc) is 2.89. The lowest BCUT2D eigenvalue weighted by atomic mass is 9.90. The first kappa shape index (κ1) is 10.5. The Bertz CT molecular complexity index is 488. The van der Waals surface area contributed by atoms with Crippen molar-refractivity contribution in [1.29, 1.82) is 0 Å². The Kier molecular flexibility index (Phi) is 2.87. The number of aryl methyl sites for hydroxylation is 1. The first-order valence-corrected chi connectivity index (χ1v) is 6.29. The average molecular weight is 227 g/mol. The Labute approximate surface area is 102 Å². The second kappa shape index (κ2) is 4.66. The molecule has 3 rings (SSSR count). The van der Waals surface area contributed by atoms with E-state index >= 15 is 0 Å². The third-order valence-electron chi connectivity index (χ3n) is 3.46. The van der Waals surface area contributed by atoms with Crippen molar-refractivity contribution in [2.45, 2.75) is 32.2 Å². The van der Waals surface area contributed by atoms with E-state index in [0.717, 1.165) is 6.54 Å². The molecule has 1 aliphatic rings. The second-order valence-corrected chi connectivity index (χ2v) is 4.64. The first-order valence-electron chi connectivity index (χ1n) is 6.29. The fraction of sp³-hybridized carbons (Fsp3) is 0.333. The largest absolute Gasteiger partial charge is 0.472 e. The summed E-state index contributed by atoms with van der Waals surface area (Å²) < 4.78 is 5.08. The van der Waals surface area contributed by atoms with Crippen LogP contribution in [0.2, 0.25) is 0 Å². The lowest BCUT2D eigenvalue weighted by Crippen LogP contribution is -2.08. The van der Waals surface area contributed by atoms with Gasteiger partial charge in [0.1, 0.15) is 0 Å². The monoisotopic (exact) mass is 227 g/mol. The summed E-state index contributed by atoms with van der Waals surface area (Å²) in [6.07, 6.45) is 8.61. The number of hydrogen-bond acceptors (Lipinski definition) is 2. The molecule has 0 spiro atoms. The Morgan fingerprint density at radius 2 is 2.06 bits per heavy atom. The molecule has 2 heteroatoms. The summed E-state index contributed by atoms with van der Waals surface area (Å²) in [5.41, 5.74) is 5.53. The molecule has 1 aromatic carbocycles. The minimum atomic E-state index is 0.840. The summed E-state index contributed by atoms with van der Waals surface area (Å²) in [5, 5.41) is 3.52. The number of hydrogen-bond donors (Lipinski definition) is 1. The van der Waals surface area contributed by atoms with Crippen LogP contribution in [0.25, 0.3) is 0 Å². The molecular weight excluding hydrogens is 210 g/mol. The molecule has 0 unspecified atom stereocenters. The number of rotatable bonds is 3. The summed E-state index contributed by atoms with van der Waals surface area (Å²) in [4.78, 5) is 0. The predicted octanol–water partition coefficient (Wildman–Crippen LogP) is 3.77. The molecule has 0 atom stereocenters. The van der Waals surface area contributed by atoms with Crippen molar-refractivity contribution < 1.29 is 4.42 Å². The molecule has 0 aliphatic heterocycles. The van der Waals surface area contributed by atoms with E-state index in [2.05, 4.69) is 23.5 Å². The SMILES string of the molecule is c1cc2c(c(NCc3ccoc3)c1)CCCC2. The third kappa shape index (κ3) is 2.21. The van der Waals surface area contributed by atoms with Gasteiger partial charge in [0, 0.05) is 17.8 Å². The summed E-state index contributed by atoms with van der Waals surface area (Å²) in [7, 11) is 0. The fourth-order valence-electron chi connectivity index (χ4n) is 2.54. The van der Waals surface area contributed by atoms with E-state index in [1.165, 1.54) is 48.1 Å². The molecule has 0 fully saturated rings. The van der Waals surface area contributed by atoms with E-state index in [9.17, 15) is 0 Å². The van der Waals surface area contributed by atoms with Crippen LogP contribution in [0.15, 0.2) is 41.2 Å². The molecule has 0 bridgehead atoms. The summed E-state index contributed by atoms with van der Waals surface area (Å²) in [6, 6.07) is 8.60. The minimum absolute atomic E-state index is 0.840. The molecule has 0 radical (unpaired) electrons. The number of fused-ring (bicyclic) bond motifs is 1. The molecule has 88 valence electrons. The highest BCUT2D eigenvalue weighted by Gasteiger charge is 2.12. The zero-order chi connectivity index (χ0) is 11.5. The van der Waals surface area contributed by atoms with Crippen LogP contribution in [0, 0.1) is 0 Å². The van der Waals surface area contributed by atoms with Crippen molar-refractivity contribution in [2.75, 3.05) is 5.32 Å². The van der Waals surface area contributed by atoms with Crippen molar-refractivity contribution in [1.82, 2.24) is 0 Å². The van der Waals surface area contributed by atoms with Crippen LogP contribution in [0.3, 0.4) is 0 Å². The molecule has 1 N–H and O–H groups in total. The van der Waals surface area contributed by atoms with Gasteiger partial charge in [-0.3, -0.25) is 0 Å². The van der Waals surface area contributed by atoms with E-state index in [0.29, 0.717) is 0 Å². The van der Waals surface area contributed by atoms with E-state index < -0.39 is 0 Å². The summed E-state index contributed by atoms with van der Waals surface area (Å²) in [5.74, 6) is 0. The maximum Gasteiger partial charge on any atom is 0.0952 e.